The summed E-state index contributed by atoms with van der Waals surface area (Å²) in [6.07, 6.45) is 3.30. The summed E-state index contributed by atoms with van der Waals surface area (Å²) in [6.45, 7) is 0. The van der Waals surface area contributed by atoms with Crippen LogP contribution in [0.3, 0.4) is 0 Å². The molecule has 86 valence electrons. The summed E-state index contributed by atoms with van der Waals surface area (Å²) in [7, 11) is 0. The number of carboxylic acid groups (broad SMARTS) is 1. The van der Waals surface area contributed by atoms with Crippen LogP contribution in [0, 0.1) is 0 Å². The Labute approximate surface area is 110 Å². The van der Waals surface area contributed by atoms with E-state index in [4.69, 9.17) is 5.11 Å². The minimum absolute atomic E-state index is 0.257. The molecule has 6 heteroatoms. The Hall–Kier alpha value is -1.40. The average molecular weight is 311 g/mol. The van der Waals surface area contributed by atoms with Crippen LogP contribution in [-0.2, 0) is 0 Å². The molecule has 0 radical (unpaired) electrons. The number of benzene rings is 1. The van der Waals surface area contributed by atoms with Gasteiger partial charge in [0, 0.05) is 17.3 Å². The van der Waals surface area contributed by atoms with Crippen molar-refractivity contribution >= 4 is 33.7 Å². The molecule has 0 spiro atoms. The third-order valence-corrected chi connectivity index (χ3v) is 3.18. The fraction of sp³-hybridized carbons (Fsp3) is 0. The Morgan fingerprint density at radius 1 is 1.29 bits per heavy atom. The lowest BCUT2D eigenvalue weighted by atomic mass is 10.2. The Kier molecular flexibility index (Phi) is 3.75. The molecule has 4 nitrogen and oxygen atoms in total. The third kappa shape index (κ3) is 3.28. The zero-order valence-electron chi connectivity index (χ0n) is 8.50. The summed E-state index contributed by atoms with van der Waals surface area (Å²) in [5.41, 5.74) is 0.257. The molecule has 0 aliphatic rings. The molecular weight excluding hydrogens is 304 g/mol. The second-order valence-electron chi connectivity index (χ2n) is 3.12. The highest BCUT2D eigenvalue weighted by Crippen LogP contribution is 2.25. The molecule has 0 fully saturated rings. The summed E-state index contributed by atoms with van der Waals surface area (Å²) >= 11 is 4.57. The first-order valence-electron chi connectivity index (χ1n) is 4.64. The number of hydrogen-bond acceptors (Lipinski definition) is 4. The van der Waals surface area contributed by atoms with E-state index >= 15 is 0 Å². The first-order chi connectivity index (χ1) is 8.15. The molecule has 1 heterocycles. The van der Waals surface area contributed by atoms with Crippen molar-refractivity contribution in [2.45, 2.75) is 10.1 Å². The summed E-state index contributed by atoms with van der Waals surface area (Å²) < 4.78 is 0.807. The van der Waals surface area contributed by atoms with Crippen molar-refractivity contribution in [3.63, 3.8) is 0 Å². The molecule has 2 aromatic rings. The van der Waals surface area contributed by atoms with Crippen LogP contribution in [0.15, 0.2) is 51.2 Å². The molecule has 0 unspecified atom stereocenters. The number of hydrogen-bond donors (Lipinski definition) is 1. The van der Waals surface area contributed by atoms with Gasteiger partial charge in [0.05, 0.1) is 10.0 Å². The van der Waals surface area contributed by atoms with Gasteiger partial charge in [-0.2, -0.15) is 0 Å². The van der Waals surface area contributed by atoms with Crippen molar-refractivity contribution in [1.29, 1.82) is 0 Å². The topological polar surface area (TPSA) is 63.1 Å². The zero-order valence-corrected chi connectivity index (χ0v) is 10.9. The Bertz CT molecular complexity index is 545. The number of aromatic carboxylic acids is 1. The smallest absolute Gasteiger partial charge is 0.335 e. The van der Waals surface area contributed by atoms with Gasteiger partial charge in [-0.3, -0.25) is 0 Å². The number of carboxylic acids is 1. The number of carbonyl (C=O) groups is 1. The fourth-order valence-corrected chi connectivity index (χ4v) is 2.11. The summed E-state index contributed by atoms with van der Waals surface area (Å²) in [5.74, 6) is -0.941. The van der Waals surface area contributed by atoms with E-state index in [9.17, 15) is 4.79 Å². The standard InChI is InChI=1S/C11H7BrN2O2S/c12-8-5-13-11(14-6-8)17-9-3-1-2-7(4-9)10(15)16/h1-6H,(H,15,16). The largest absolute Gasteiger partial charge is 0.478 e. The van der Waals surface area contributed by atoms with Crippen LogP contribution in [-0.4, -0.2) is 21.0 Å². The second-order valence-corrected chi connectivity index (χ2v) is 5.08. The molecule has 0 saturated heterocycles. The van der Waals surface area contributed by atoms with Crippen LogP contribution in [0.4, 0.5) is 0 Å². The number of rotatable bonds is 3. The second kappa shape index (κ2) is 5.29. The highest BCUT2D eigenvalue weighted by atomic mass is 79.9. The van der Waals surface area contributed by atoms with Gasteiger partial charge in [0.2, 0.25) is 0 Å². The molecule has 0 saturated carbocycles. The van der Waals surface area contributed by atoms with Gasteiger partial charge in [-0.1, -0.05) is 6.07 Å². The van der Waals surface area contributed by atoms with Gasteiger partial charge in [0.15, 0.2) is 5.16 Å². The van der Waals surface area contributed by atoms with Crippen molar-refractivity contribution < 1.29 is 9.90 Å². The van der Waals surface area contributed by atoms with Crippen molar-refractivity contribution in [2.24, 2.45) is 0 Å². The van der Waals surface area contributed by atoms with Crippen LogP contribution in [0.1, 0.15) is 10.4 Å². The van der Waals surface area contributed by atoms with Gasteiger partial charge in [-0.05, 0) is 45.9 Å². The molecule has 0 aliphatic heterocycles. The average Bonchev–Trinajstić information content (AvgIpc) is 2.32. The number of nitrogens with zero attached hydrogens (tertiary/aromatic N) is 2. The lowest BCUT2D eigenvalue weighted by Crippen LogP contribution is -1.95. The number of halogens is 1. The molecule has 0 bridgehead atoms. The minimum atomic E-state index is -0.941. The van der Waals surface area contributed by atoms with E-state index in [1.807, 2.05) is 6.07 Å². The van der Waals surface area contributed by atoms with Gasteiger partial charge in [0.1, 0.15) is 0 Å². The van der Waals surface area contributed by atoms with Crippen molar-refractivity contribution in [2.75, 3.05) is 0 Å². The van der Waals surface area contributed by atoms with Crippen LogP contribution >= 0.6 is 27.7 Å². The first-order valence-corrected chi connectivity index (χ1v) is 6.25. The van der Waals surface area contributed by atoms with E-state index in [1.54, 1.807) is 30.6 Å². The molecule has 0 aliphatic carbocycles. The SMILES string of the molecule is O=C(O)c1cccc(Sc2ncc(Br)cn2)c1. The molecule has 1 aromatic heterocycles. The van der Waals surface area contributed by atoms with Crippen molar-refractivity contribution in [3.05, 3.63) is 46.7 Å². The first kappa shape index (κ1) is 12.1. The Balaban J connectivity index is 2.21. The maximum Gasteiger partial charge on any atom is 0.335 e. The lowest BCUT2D eigenvalue weighted by molar-refractivity contribution is 0.0696. The molecule has 1 aromatic carbocycles. The zero-order chi connectivity index (χ0) is 12.3. The quantitative estimate of drug-likeness (QED) is 0.883. The van der Waals surface area contributed by atoms with E-state index in [1.165, 1.54) is 11.8 Å². The van der Waals surface area contributed by atoms with Crippen molar-refractivity contribution in [3.8, 4) is 0 Å². The Morgan fingerprint density at radius 3 is 2.65 bits per heavy atom. The molecular formula is C11H7BrN2O2S. The van der Waals surface area contributed by atoms with Gasteiger partial charge in [0.25, 0.3) is 0 Å². The highest BCUT2D eigenvalue weighted by molar-refractivity contribution is 9.10. The predicted octanol–water partition coefficient (Wildman–Crippen LogP) is 3.09. The van der Waals surface area contributed by atoms with E-state index < -0.39 is 5.97 Å². The summed E-state index contributed by atoms with van der Waals surface area (Å²) in [5, 5.41) is 9.44. The highest BCUT2D eigenvalue weighted by Gasteiger charge is 2.05. The molecule has 0 atom stereocenters. The predicted molar refractivity (Wildman–Crippen MR) is 67.3 cm³/mol. The molecule has 17 heavy (non-hydrogen) atoms. The van der Waals surface area contributed by atoms with Gasteiger partial charge in [-0.15, -0.1) is 0 Å². The minimum Gasteiger partial charge on any atom is -0.478 e. The van der Waals surface area contributed by atoms with Crippen LogP contribution < -0.4 is 0 Å². The van der Waals surface area contributed by atoms with Gasteiger partial charge < -0.3 is 5.11 Å². The molecule has 0 amide bonds. The fourth-order valence-electron chi connectivity index (χ4n) is 1.15. The van der Waals surface area contributed by atoms with Crippen LogP contribution in [0.2, 0.25) is 0 Å². The van der Waals surface area contributed by atoms with Gasteiger partial charge >= 0.3 is 5.97 Å². The van der Waals surface area contributed by atoms with Crippen LogP contribution in [0.25, 0.3) is 0 Å². The third-order valence-electron chi connectivity index (χ3n) is 1.89. The Morgan fingerprint density at radius 2 is 2.00 bits per heavy atom. The monoisotopic (exact) mass is 310 g/mol. The summed E-state index contributed by atoms with van der Waals surface area (Å²) in [4.78, 5) is 19.8. The summed E-state index contributed by atoms with van der Waals surface area (Å²) in [6, 6.07) is 6.67. The molecule has 2 rings (SSSR count). The van der Waals surface area contributed by atoms with Crippen LogP contribution in [0.5, 0.6) is 0 Å². The maximum atomic E-state index is 10.8. The van der Waals surface area contributed by atoms with E-state index in [2.05, 4.69) is 25.9 Å². The number of aromatic nitrogens is 2. The van der Waals surface area contributed by atoms with Crippen molar-refractivity contribution in [1.82, 2.24) is 9.97 Å². The maximum absolute atomic E-state index is 10.8. The van der Waals surface area contributed by atoms with E-state index in [-0.39, 0.29) is 5.56 Å². The van der Waals surface area contributed by atoms with E-state index in [0.29, 0.717) is 5.16 Å². The lowest BCUT2D eigenvalue weighted by Gasteiger charge is -2.01. The van der Waals surface area contributed by atoms with Gasteiger partial charge in [-0.25, -0.2) is 14.8 Å². The normalized spacial score (nSPS) is 10.2. The molecule has 1 N–H and O–H groups in total. The van der Waals surface area contributed by atoms with E-state index in [0.717, 1.165) is 9.37 Å².